The zero-order valence-electron chi connectivity index (χ0n) is 17.1. The number of thiol groups is 1. The Bertz CT molecular complexity index is 1280. The first kappa shape index (κ1) is 20.1. The zero-order chi connectivity index (χ0) is 21.5. The lowest BCUT2D eigenvalue weighted by atomic mass is 10.1. The topological polar surface area (TPSA) is 58.2 Å². The van der Waals surface area contributed by atoms with E-state index in [1.165, 1.54) is 0 Å². The summed E-state index contributed by atoms with van der Waals surface area (Å²) in [6.07, 6.45) is 2.94. The van der Waals surface area contributed by atoms with Gasteiger partial charge in [0.05, 0.1) is 17.6 Å². The van der Waals surface area contributed by atoms with Crippen LogP contribution in [0, 0.1) is 0 Å². The molecule has 0 N–H and O–H groups in total. The van der Waals surface area contributed by atoms with Gasteiger partial charge in [0.2, 0.25) is 0 Å². The first-order valence-corrected chi connectivity index (χ1v) is 10.0. The van der Waals surface area contributed by atoms with Gasteiger partial charge in [-0.3, -0.25) is 4.57 Å². The van der Waals surface area contributed by atoms with Crippen LogP contribution in [0.4, 0.5) is 4.79 Å². The van der Waals surface area contributed by atoms with Crippen molar-refractivity contribution in [2.45, 2.75) is 32.9 Å². The molecule has 6 nitrogen and oxygen atoms in total. The first-order valence-electron chi connectivity index (χ1n) is 9.64. The summed E-state index contributed by atoms with van der Waals surface area (Å²) >= 11 is 4.32. The van der Waals surface area contributed by atoms with Crippen molar-refractivity contribution < 1.29 is 9.53 Å². The number of carbonyl (C=O) groups excluding carboxylic acids is 1. The molecule has 154 valence electrons. The second-order valence-electron chi connectivity index (χ2n) is 8.12. The van der Waals surface area contributed by atoms with Crippen molar-refractivity contribution in [3.05, 3.63) is 83.0 Å². The molecular weight excluding hydrogens is 398 g/mol. The van der Waals surface area contributed by atoms with Crippen LogP contribution >= 0.6 is 12.8 Å². The van der Waals surface area contributed by atoms with Crippen LogP contribution in [-0.4, -0.2) is 24.8 Å². The largest absolute Gasteiger partial charge is 0.443 e. The SMILES string of the molecule is CC(C)(C)OC(=O)n1c(=O)n(Cc2ccccc2)c2cccc(-c3ccn(S)c3)c21. The van der Waals surface area contributed by atoms with E-state index in [4.69, 9.17) is 4.74 Å². The fraction of sp³-hybridized carbons (Fsp3) is 0.217. The molecule has 0 fully saturated rings. The Morgan fingerprint density at radius 3 is 2.40 bits per heavy atom. The van der Waals surface area contributed by atoms with Crippen molar-refractivity contribution in [3.8, 4) is 11.1 Å². The molecular formula is C23H23N3O3S. The van der Waals surface area contributed by atoms with Crippen molar-refractivity contribution in [2.75, 3.05) is 0 Å². The molecule has 0 unspecified atom stereocenters. The van der Waals surface area contributed by atoms with Gasteiger partial charge in [0.25, 0.3) is 0 Å². The fourth-order valence-electron chi connectivity index (χ4n) is 3.48. The number of carbonyl (C=O) groups is 1. The van der Waals surface area contributed by atoms with E-state index in [-0.39, 0.29) is 0 Å². The van der Waals surface area contributed by atoms with Crippen LogP contribution in [0.25, 0.3) is 22.2 Å². The van der Waals surface area contributed by atoms with Crippen LogP contribution < -0.4 is 5.69 Å². The number of hydrogen-bond acceptors (Lipinski definition) is 4. The lowest BCUT2D eigenvalue weighted by Gasteiger charge is -2.19. The number of aromatic nitrogens is 3. The molecule has 0 atom stereocenters. The maximum atomic E-state index is 13.4. The highest BCUT2D eigenvalue weighted by Crippen LogP contribution is 2.29. The highest BCUT2D eigenvalue weighted by atomic mass is 32.1. The Morgan fingerprint density at radius 1 is 1.03 bits per heavy atom. The number of hydrogen-bond donors (Lipinski definition) is 1. The van der Waals surface area contributed by atoms with Gasteiger partial charge in [0, 0.05) is 23.5 Å². The normalized spacial score (nSPS) is 11.7. The molecule has 4 aromatic rings. The predicted molar refractivity (Wildman–Crippen MR) is 121 cm³/mol. The Labute approximate surface area is 179 Å². The average Bonchev–Trinajstić information content (AvgIpc) is 3.23. The van der Waals surface area contributed by atoms with Gasteiger partial charge in [0.1, 0.15) is 5.60 Å². The van der Waals surface area contributed by atoms with Crippen molar-refractivity contribution in [1.82, 2.24) is 13.1 Å². The Balaban J connectivity index is 1.98. The number of para-hydroxylation sites is 1. The molecule has 0 bridgehead atoms. The summed E-state index contributed by atoms with van der Waals surface area (Å²) in [7, 11) is 0. The number of benzene rings is 2. The average molecular weight is 422 g/mol. The molecule has 0 saturated carbocycles. The third-order valence-electron chi connectivity index (χ3n) is 4.70. The Hall–Kier alpha value is -3.19. The van der Waals surface area contributed by atoms with E-state index in [2.05, 4.69) is 12.8 Å². The van der Waals surface area contributed by atoms with E-state index >= 15 is 0 Å². The standard InChI is InChI=1S/C23H23N3O3S/c1-23(2,3)29-22(28)26-20-18(17-12-13-24(30)15-17)10-7-11-19(20)25(21(26)27)14-16-8-5-4-6-9-16/h4-13,15,30H,14H2,1-3H3. The quantitative estimate of drug-likeness (QED) is 0.484. The molecule has 0 aliphatic carbocycles. The number of imidazole rings is 1. The van der Waals surface area contributed by atoms with E-state index in [1.807, 2.05) is 60.8 Å². The van der Waals surface area contributed by atoms with E-state index in [0.717, 1.165) is 21.3 Å². The van der Waals surface area contributed by atoms with Crippen molar-refractivity contribution >= 4 is 29.9 Å². The molecule has 4 rings (SSSR count). The van der Waals surface area contributed by atoms with Crippen LogP contribution in [0.15, 0.2) is 71.8 Å². The van der Waals surface area contributed by atoms with E-state index in [1.54, 1.807) is 35.5 Å². The Kier molecular flexibility index (Phi) is 5.07. The van der Waals surface area contributed by atoms with Crippen LogP contribution in [0.2, 0.25) is 0 Å². The Morgan fingerprint density at radius 2 is 1.77 bits per heavy atom. The number of nitrogens with zero attached hydrogens (tertiary/aromatic N) is 3. The van der Waals surface area contributed by atoms with Crippen LogP contribution in [-0.2, 0) is 11.3 Å². The second kappa shape index (κ2) is 7.57. The van der Waals surface area contributed by atoms with Gasteiger partial charge in [-0.25, -0.2) is 9.59 Å². The maximum Gasteiger partial charge on any atom is 0.423 e. The van der Waals surface area contributed by atoms with Gasteiger partial charge in [-0.2, -0.15) is 4.57 Å². The highest BCUT2D eigenvalue weighted by Gasteiger charge is 2.26. The summed E-state index contributed by atoms with van der Waals surface area (Å²) in [4.78, 5) is 26.5. The minimum absolute atomic E-state index is 0.350. The summed E-state index contributed by atoms with van der Waals surface area (Å²) in [5.41, 5.74) is 2.61. The third-order valence-corrected chi connectivity index (χ3v) is 4.95. The smallest absolute Gasteiger partial charge is 0.423 e. The molecule has 7 heteroatoms. The number of fused-ring (bicyclic) bond motifs is 1. The van der Waals surface area contributed by atoms with E-state index in [0.29, 0.717) is 17.6 Å². The summed E-state index contributed by atoms with van der Waals surface area (Å²) in [5, 5.41) is 0. The minimum atomic E-state index is -0.728. The molecule has 2 heterocycles. The van der Waals surface area contributed by atoms with Gasteiger partial charge in [0.15, 0.2) is 0 Å². The maximum absolute atomic E-state index is 13.4. The summed E-state index contributed by atoms with van der Waals surface area (Å²) in [6, 6.07) is 17.2. The highest BCUT2D eigenvalue weighted by molar-refractivity contribution is 7.78. The second-order valence-corrected chi connectivity index (χ2v) is 8.59. The molecule has 0 aliphatic heterocycles. The molecule has 2 aromatic heterocycles. The molecule has 0 saturated heterocycles. The van der Waals surface area contributed by atoms with Gasteiger partial charge in [-0.15, -0.1) is 0 Å². The monoisotopic (exact) mass is 421 g/mol. The third kappa shape index (κ3) is 3.80. The molecule has 0 aliphatic rings. The number of rotatable bonds is 3. The molecule has 30 heavy (non-hydrogen) atoms. The molecule has 2 aromatic carbocycles. The minimum Gasteiger partial charge on any atom is -0.443 e. The summed E-state index contributed by atoms with van der Waals surface area (Å²) in [5.74, 6) is 0. The zero-order valence-corrected chi connectivity index (χ0v) is 18.0. The first-order chi connectivity index (χ1) is 14.2. The fourth-order valence-corrected chi connectivity index (χ4v) is 3.67. The van der Waals surface area contributed by atoms with Crippen LogP contribution in [0.1, 0.15) is 26.3 Å². The summed E-state index contributed by atoms with van der Waals surface area (Å²) in [6.45, 7) is 5.69. The van der Waals surface area contributed by atoms with E-state index < -0.39 is 17.4 Å². The van der Waals surface area contributed by atoms with Crippen molar-refractivity contribution in [1.29, 1.82) is 0 Å². The van der Waals surface area contributed by atoms with E-state index in [9.17, 15) is 9.59 Å². The number of ether oxygens (including phenoxy) is 1. The van der Waals surface area contributed by atoms with Gasteiger partial charge < -0.3 is 8.71 Å². The van der Waals surface area contributed by atoms with Gasteiger partial charge in [-0.1, -0.05) is 55.3 Å². The molecule has 0 radical (unpaired) electrons. The van der Waals surface area contributed by atoms with Crippen molar-refractivity contribution in [3.63, 3.8) is 0 Å². The van der Waals surface area contributed by atoms with Gasteiger partial charge >= 0.3 is 11.8 Å². The van der Waals surface area contributed by atoms with Crippen LogP contribution in [0.5, 0.6) is 0 Å². The summed E-state index contributed by atoms with van der Waals surface area (Å²) < 4.78 is 9.93. The predicted octanol–water partition coefficient (Wildman–Crippen LogP) is 4.80. The van der Waals surface area contributed by atoms with Gasteiger partial charge in [-0.05, 0) is 38.5 Å². The lowest BCUT2D eigenvalue weighted by Crippen LogP contribution is -2.34. The molecule has 0 amide bonds. The van der Waals surface area contributed by atoms with Crippen molar-refractivity contribution in [2.24, 2.45) is 0 Å². The lowest BCUT2D eigenvalue weighted by molar-refractivity contribution is 0.0537. The van der Waals surface area contributed by atoms with Crippen LogP contribution in [0.3, 0.4) is 0 Å². The molecule has 0 spiro atoms.